The molecule has 36 heavy (non-hydrogen) atoms. The van der Waals surface area contributed by atoms with Gasteiger partial charge in [-0.05, 0) is 55.2 Å². The van der Waals surface area contributed by atoms with Crippen molar-refractivity contribution in [2.75, 3.05) is 19.6 Å². The van der Waals surface area contributed by atoms with E-state index < -0.39 is 45.6 Å². The molecule has 2 saturated heterocycles. The number of sulfonamides is 1. The van der Waals surface area contributed by atoms with Crippen molar-refractivity contribution in [2.24, 2.45) is 5.92 Å². The molecule has 2 atom stereocenters. The van der Waals surface area contributed by atoms with E-state index in [9.17, 15) is 26.8 Å². The van der Waals surface area contributed by atoms with Gasteiger partial charge in [0.05, 0.1) is 22.9 Å². The molecule has 11 heteroatoms. The summed E-state index contributed by atoms with van der Waals surface area (Å²) >= 11 is 0. The Labute approximate surface area is 208 Å². The summed E-state index contributed by atoms with van der Waals surface area (Å²) in [7, 11) is -3.84. The summed E-state index contributed by atoms with van der Waals surface area (Å²) in [6, 6.07) is 9.33. The van der Waals surface area contributed by atoms with Crippen LogP contribution in [0.1, 0.15) is 48.1 Å². The topological polar surface area (TPSA) is 111 Å². The molecule has 0 aromatic heterocycles. The van der Waals surface area contributed by atoms with Gasteiger partial charge in [-0.15, -0.1) is 0 Å². The molecule has 0 aliphatic carbocycles. The number of hydrogen-bond acceptors (Lipinski definition) is 5. The fourth-order valence-electron chi connectivity index (χ4n) is 4.57. The Bertz CT molecular complexity index is 1300. The summed E-state index contributed by atoms with van der Waals surface area (Å²) in [6.07, 6.45) is 1.38. The number of nitriles is 1. The first-order chi connectivity index (χ1) is 17.1. The summed E-state index contributed by atoms with van der Waals surface area (Å²) in [5.41, 5.74) is 0.425. The molecule has 2 aromatic carbocycles. The van der Waals surface area contributed by atoms with E-state index in [0.29, 0.717) is 31.4 Å². The van der Waals surface area contributed by atoms with E-state index in [2.05, 4.69) is 5.32 Å². The van der Waals surface area contributed by atoms with E-state index in [1.807, 2.05) is 6.07 Å². The van der Waals surface area contributed by atoms with Crippen LogP contribution in [0, 0.1) is 28.9 Å². The molecular formula is C25H26F2N4O4S. The van der Waals surface area contributed by atoms with E-state index in [4.69, 9.17) is 5.26 Å². The van der Waals surface area contributed by atoms with Gasteiger partial charge in [-0.2, -0.15) is 9.57 Å². The molecule has 2 aromatic rings. The van der Waals surface area contributed by atoms with Crippen LogP contribution in [0.15, 0.2) is 47.4 Å². The molecule has 2 fully saturated rings. The van der Waals surface area contributed by atoms with Crippen LogP contribution in [0.5, 0.6) is 0 Å². The zero-order valence-electron chi connectivity index (χ0n) is 19.7. The van der Waals surface area contributed by atoms with Gasteiger partial charge in [-0.25, -0.2) is 17.2 Å². The lowest BCUT2D eigenvalue weighted by atomic mass is 10.0. The lowest BCUT2D eigenvalue weighted by Crippen LogP contribution is -2.49. The Hall–Kier alpha value is -3.36. The molecular weight excluding hydrogens is 490 g/mol. The van der Waals surface area contributed by atoms with E-state index in [1.54, 1.807) is 6.92 Å². The molecule has 4 rings (SSSR count). The highest BCUT2D eigenvalue weighted by molar-refractivity contribution is 7.89. The maximum absolute atomic E-state index is 13.7. The summed E-state index contributed by atoms with van der Waals surface area (Å²) in [4.78, 5) is 27.8. The predicted molar refractivity (Wildman–Crippen MR) is 126 cm³/mol. The van der Waals surface area contributed by atoms with Crippen molar-refractivity contribution in [3.8, 4) is 6.07 Å². The molecule has 2 amide bonds. The number of carbonyl (C=O) groups excluding carboxylic acids is 2. The number of halogens is 2. The van der Waals surface area contributed by atoms with Crippen LogP contribution >= 0.6 is 0 Å². The highest BCUT2D eigenvalue weighted by Crippen LogP contribution is 2.27. The third-order valence-corrected chi connectivity index (χ3v) is 8.41. The maximum Gasteiger partial charge on any atom is 0.254 e. The quantitative estimate of drug-likeness (QED) is 0.608. The Kier molecular flexibility index (Phi) is 7.38. The summed E-state index contributed by atoms with van der Waals surface area (Å²) in [5.74, 6) is -2.75. The van der Waals surface area contributed by atoms with Gasteiger partial charge in [0.15, 0.2) is 0 Å². The minimum absolute atomic E-state index is 0.0517. The summed E-state index contributed by atoms with van der Waals surface area (Å²) in [6.45, 7) is 2.31. The van der Waals surface area contributed by atoms with Gasteiger partial charge in [0.2, 0.25) is 15.9 Å². The minimum atomic E-state index is -3.84. The summed E-state index contributed by atoms with van der Waals surface area (Å²) < 4.78 is 54.3. The smallest absolute Gasteiger partial charge is 0.254 e. The van der Waals surface area contributed by atoms with Gasteiger partial charge < -0.3 is 10.2 Å². The van der Waals surface area contributed by atoms with Crippen LogP contribution in [-0.4, -0.2) is 55.1 Å². The zero-order valence-corrected chi connectivity index (χ0v) is 20.5. The molecule has 0 saturated carbocycles. The average Bonchev–Trinajstić information content (AvgIpc) is 3.30. The molecule has 0 radical (unpaired) electrons. The normalized spacial score (nSPS) is 19.4. The molecule has 2 heterocycles. The number of likely N-dealkylation sites (tertiary alicyclic amines) is 1. The number of benzene rings is 2. The highest BCUT2D eigenvalue weighted by Gasteiger charge is 2.38. The number of rotatable bonds is 7. The van der Waals surface area contributed by atoms with Crippen molar-refractivity contribution in [1.29, 1.82) is 5.26 Å². The van der Waals surface area contributed by atoms with Gasteiger partial charge in [-0.3, -0.25) is 9.59 Å². The van der Waals surface area contributed by atoms with Gasteiger partial charge >= 0.3 is 0 Å². The molecule has 2 aliphatic heterocycles. The predicted octanol–water partition coefficient (Wildman–Crippen LogP) is 2.98. The molecule has 0 spiro atoms. The van der Waals surface area contributed by atoms with E-state index in [0.717, 1.165) is 18.2 Å². The van der Waals surface area contributed by atoms with Gasteiger partial charge in [-0.1, -0.05) is 13.0 Å². The van der Waals surface area contributed by atoms with Crippen LogP contribution in [0.2, 0.25) is 0 Å². The first kappa shape index (κ1) is 25.7. The number of carbonyl (C=O) groups is 2. The fraction of sp³-hybridized carbons (Fsp3) is 0.400. The SMILES string of the molecule is CC[C@H](NC(=O)[C@H]1CCCN1C(=O)c1cccc(S(=O)(=O)N2CC(C#N)C2)c1)c1cc(F)cc(F)c1. The summed E-state index contributed by atoms with van der Waals surface area (Å²) in [5, 5.41) is 11.7. The molecule has 1 N–H and O–H groups in total. The van der Waals surface area contributed by atoms with Crippen molar-refractivity contribution >= 4 is 21.8 Å². The number of hydrogen-bond donors (Lipinski definition) is 1. The monoisotopic (exact) mass is 516 g/mol. The molecule has 190 valence electrons. The van der Waals surface area contributed by atoms with Crippen molar-refractivity contribution in [3.63, 3.8) is 0 Å². The van der Waals surface area contributed by atoms with Crippen LogP contribution in [-0.2, 0) is 14.8 Å². The highest BCUT2D eigenvalue weighted by atomic mass is 32.2. The van der Waals surface area contributed by atoms with Gasteiger partial charge in [0.1, 0.15) is 17.7 Å². The number of amides is 2. The lowest BCUT2D eigenvalue weighted by molar-refractivity contribution is -0.125. The molecule has 0 bridgehead atoms. The minimum Gasteiger partial charge on any atom is -0.348 e. The standard InChI is InChI=1S/C25H26F2N4O4S/c1-2-22(18-9-19(26)12-20(27)10-18)29-24(32)23-7-4-8-31(23)25(33)17-5-3-6-21(11-17)36(34,35)30-14-16(13-28)15-30/h3,5-6,9-12,16,22-23H,2,4,7-8,14-15H2,1H3,(H,29,32)/t22-,23+/m0/s1. The van der Waals surface area contributed by atoms with Gasteiger partial charge in [0, 0.05) is 31.3 Å². The van der Waals surface area contributed by atoms with Crippen molar-refractivity contribution < 1.29 is 26.8 Å². The molecule has 8 nitrogen and oxygen atoms in total. The Morgan fingerprint density at radius 1 is 1.17 bits per heavy atom. The average molecular weight is 517 g/mol. The first-order valence-electron chi connectivity index (χ1n) is 11.7. The second kappa shape index (κ2) is 10.3. The molecule has 2 aliphatic rings. The van der Waals surface area contributed by atoms with Crippen molar-refractivity contribution in [1.82, 2.24) is 14.5 Å². The Morgan fingerprint density at radius 2 is 1.86 bits per heavy atom. The Balaban J connectivity index is 1.50. The first-order valence-corrected chi connectivity index (χ1v) is 13.1. The maximum atomic E-state index is 13.7. The van der Waals surface area contributed by atoms with Crippen LogP contribution < -0.4 is 5.32 Å². The molecule has 0 unspecified atom stereocenters. The van der Waals surface area contributed by atoms with Crippen LogP contribution in [0.3, 0.4) is 0 Å². The van der Waals surface area contributed by atoms with E-state index in [1.165, 1.54) is 33.5 Å². The largest absolute Gasteiger partial charge is 0.348 e. The van der Waals surface area contributed by atoms with E-state index in [-0.39, 0.29) is 29.5 Å². The van der Waals surface area contributed by atoms with Crippen molar-refractivity contribution in [3.05, 3.63) is 65.2 Å². The van der Waals surface area contributed by atoms with Gasteiger partial charge in [0.25, 0.3) is 5.91 Å². The third-order valence-electron chi connectivity index (χ3n) is 6.58. The van der Waals surface area contributed by atoms with Crippen LogP contribution in [0.4, 0.5) is 8.78 Å². The second-order valence-electron chi connectivity index (χ2n) is 9.00. The lowest BCUT2D eigenvalue weighted by Gasteiger charge is -2.34. The van der Waals surface area contributed by atoms with Crippen molar-refractivity contribution in [2.45, 2.75) is 43.2 Å². The zero-order chi connectivity index (χ0) is 26.0. The Morgan fingerprint density at radius 3 is 2.50 bits per heavy atom. The third kappa shape index (κ3) is 5.10. The van der Waals surface area contributed by atoms with Crippen LogP contribution in [0.25, 0.3) is 0 Å². The number of nitrogens with zero attached hydrogens (tertiary/aromatic N) is 3. The fourth-order valence-corrected chi connectivity index (χ4v) is 6.15. The second-order valence-corrected chi connectivity index (χ2v) is 10.9. The number of nitrogens with one attached hydrogen (secondary N) is 1. The van der Waals surface area contributed by atoms with E-state index >= 15 is 0 Å².